The van der Waals surface area contributed by atoms with Gasteiger partial charge in [-0.1, -0.05) is 18.5 Å². The Morgan fingerprint density at radius 3 is 2.48 bits per heavy atom. The first-order valence-electron chi connectivity index (χ1n) is 10.5. The summed E-state index contributed by atoms with van der Waals surface area (Å²) in [6.45, 7) is 5.75. The highest BCUT2D eigenvalue weighted by Crippen LogP contribution is 2.28. The van der Waals surface area contributed by atoms with E-state index in [9.17, 15) is 22.4 Å². The van der Waals surface area contributed by atoms with Gasteiger partial charge < -0.3 is 10.1 Å². The summed E-state index contributed by atoms with van der Waals surface area (Å²) in [5, 5.41) is 2.43. The van der Waals surface area contributed by atoms with E-state index in [1.807, 2.05) is 0 Å². The third kappa shape index (κ3) is 5.90. The molecule has 0 aliphatic carbocycles. The van der Waals surface area contributed by atoms with E-state index in [4.69, 9.17) is 16.3 Å². The lowest BCUT2D eigenvalue weighted by Gasteiger charge is -2.30. The molecule has 3 rings (SSSR count). The van der Waals surface area contributed by atoms with Crippen molar-refractivity contribution in [3.63, 3.8) is 0 Å². The van der Waals surface area contributed by atoms with Crippen LogP contribution >= 0.6 is 11.6 Å². The average Bonchev–Trinajstić information content (AvgIpc) is 2.76. The lowest BCUT2D eigenvalue weighted by Crippen LogP contribution is -2.38. The van der Waals surface area contributed by atoms with Crippen LogP contribution in [0.1, 0.15) is 41.3 Å². The topological polar surface area (TPSA) is 92.8 Å². The normalized spacial score (nSPS) is 15.3. The second-order valence-electron chi connectivity index (χ2n) is 8.25. The Hall–Kier alpha value is -2.49. The third-order valence-electron chi connectivity index (χ3n) is 5.76. The number of aryl methyl sites for hydroxylation is 1. The minimum Gasteiger partial charge on any atom is -0.452 e. The molecule has 2 aromatic carbocycles. The molecule has 2 aromatic rings. The first-order valence-corrected chi connectivity index (χ1v) is 12.3. The second-order valence-corrected chi connectivity index (χ2v) is 10.6. The van der Waals surface area contributed by atoms with Crippen LogP contribution in [-0.2, 0) is 19.6 Å². The van der Waals surface area contributed by atoms with Crippen LogP contribution < -0.4 is 5.32 Å². The summed E-state index contributed by atoms with van der Waals surface area (Å²) >= 11 is 5.87. The van der Waals surface area contributed by atoms with E-state index in [1.54, 1.807) is 13.8 Å². The summed E-state index contributed by atoms with van der Waals surface area (Å²) in [5.74, 6) is -1.58. The van der Waals surface area contributed by atoms with Crippen molar-refractivity contribution in [3.05, 3.63) is 57.9 Å². The molecule has 1 N–H and O–H groups in total. The summed E-state index contributed by atoms with van der Waals surface area (Å²) in [6, 6.07) is 6.30. The Labute approximate surface area is 197 Å². The van der Waals surface area contributed by atoms with E-state index in [1.165, 1.54) is 22.5 Å². The number of piperidine rings is 1. The standard InChI is InChI=1S/C23H26ClFN2O5S/c1-14-6-8-27(9-7-14)33(30,31)21-11-17(10-15(2)16(21)3)23(29)32-13-22(28)26-20-5-4-18(25)12-19(20)24/h4-5,10-12,14H,6-9,13H2,1-3H3,(H,26,28). The second kappa shape index (κ2) is 10.2. The van der Waals surface area contributed by atoms with Crippen LogP contribution in [0.2, 0.25) is 5.02 Å². The number of benzene rings is 2. The maximum atomic E-state index is 13.2. The number of carbonyl (C=O) groups excluding carboxylic acids is 2. The van der Waals surface area contributed by atoms with Crippen molar-refractivity contribution >= 4 is 39.2 Å². The van der Waals surface area contributed by atoms with Crippen molar-refractivity contribution in [1.82, 2.24) is 4.31 Å². The smallest absolute Gasteiger partial charge is 0.338 e. The highest BCUT2D eigenvalue weighted by Gasteiger charge is 2.30. The number of sulfonamides is 1. The number of hydrogen-bond donors (Lipinski definition) is 1. The molecule has 0 unspecified atom stereocenters. The monoisotopic (exact) mass is 496 g/mol. The van der Waals surface area contributed by atoms with Crippen LogP contribution in [0.15, 0.2) is 35.2 Å². The fraction of sp³-hybridized carbons (Fsp3) is 0.391. The van der Waals surface area contributed by atoms with E-state index in [0.29, 0.717) is 30.1 Å². The van der Waals surface area contributed by atoms with E-state index in [0.717, 1.165) is 25.0 Å². The van der Waals surface area contributed by atoms with Gasteiger partial charge in [-0.3, -0.25) is 4.79 Å². The van der Waals surface area contributed by atoms with Gasteiger partial charge in [0, 0.05) is 13.1 Å². The molecule has 1 aliphatic rings. The molecule has 0 aromatic heterocycles. The maximum absolute atomic E-state index is 13.2. The average molecular weight is 497 g/mol. The number of carbonyl (C=O) groups is 2. The Morgan fingerprint density at radius 2 is 1.85 bits per heavy atom. The van der Waals surface area contributed by atoms with Gasteiger partial charge in [0.2, 0.25) is 10.0 Å². The van der Waals surface area contributed by atoms with Crippen LogP contribution in [0.3, 0.4) is 0 Å². The molecule has 178 valence electrons. The van der Waals surface area contributed by atoms with Crippen LogP contribution in [0.4, 0.5) is 10.1 Å². The first kappa shape index (κ1) is 25.1. The molecule has 0 atom stereocenters. The summed E-state index contributed by atoms with van der Waals surface area (Å²) in [4.78, 5) is 24.8. The summed E-state index contributed by atoms with van der Waals surface area (Å²) in [7, 11) is -3.77. The molecular weight excluding hydrogens is 471 g/mol. The van der Waals surface area contributed by atoms with E-state index in [2.05, 4.69) is 12.2 Å². The highest BCUT2D eigenvalue weighted by atomic mass is 35.5. The molecule has 0 saturated carbocycles. The van der Waals surface area contributed by atoms with E-state index < -0.39 is 34.3 Å². The quantitative estimate of drug-likeness (QED) is 0.601. The van der Waals surface area contributed by atoms with Gasteiger partial charge in [0.25, 0.3) is 5.91 Å². The SMILES string of the molecule is Cc1cc(C(=O)OCC(=O)Nc2ccc(F)cc2Cl)cc(S(=O)(=O)N2CCC(C)CC2)c1C. The Morgan fingerprint density at radius 1 is 1.18 bits per heavy atom. The van der Waals surface area contributed by atoms with Gasteiger partial charge in [-0.2, -0.15) is 4.31 Å². The van der Waals surface area contributed by atoms with E-state index in [-0.39, 0.29) is 21.2 Å². The zero-order valence-electron chi connectivity index (χ0n) is 18.7. The van der Waals surface area contributed by atoms with Crippen molar-refractivity contribution in [3.8, 4) is 0 Å². The number of amides is 1. The molecule has 1 fully saturated rings. The molecule has 1 saturated heterocycles. The van der Waals surface area contributed by atoms with Crippen molar-refractivity contribution in [2.45, 2.75) is 38.5 Å². The number of nitrogens with zero attached hydrogens (tertiary/aromatic N) is 1. The molecule has 7 nitrogen and oxygen atoms in total. The molecule has 1 amide bonds. The number of nitrogens with one attached hydrogen (secondary N) is 1. The van der Waals surface area contributed by atoms with E-state index >= 15 is 0 Å². The Bertz CT molecular complexity index is 1180. The zero-order chi connectivity index (χ0) is 24.3. The summed E-state index contributed by atoms with van der Waals surface area (Å²) < 4.78 is 46.1. The van der Waals surface area contributed by atoms with Gasteiger partial charge in [0.15, 0.2) is 6.61 Å². The maximum Gasteiger partial charge on any atom is 0.338 e. The van der Waals surface area contributed by atoms with Crippen molar-refractivity contribution in [1.29, 1.82) is 0 Å². The molecule has 33 heavy (non-hydrogen) atoms. The van der Waals surface area contributed by atoms with Crippen LogP contribution in [0.5, 0.6) is 0 Å². The zero-order valence-corrected chi connectivity index (χ0v) is 20.2. The first-order chi connectivity index (χ1) is 15.5. The van der Waals surface area contributed by atoms with Crippen molar-refractivity contribution in [2.75, 3.05) is 25.0 Å². The van der Waals surface area contributed by atoms with Gasteiger partial charge in [0.1, 0.15) is 5.82 Å². The van der Waals surface area contributed by atoms with Crippen molar-refractivity contribution < 1.29 is 27.1 Å². The van der Waals surface area contributed by atoms with Crippen LogP contribution in [0.25, 0.3) is 0 Å². The number of anilines is 1. The highest BCUT2D eigenvalue weighted by molar-refractivity contribution is 7.89. The molecule has 1 heterocycles. The Kier molecular flexibility index (Phi) is 7.76. The Balaban J connectivity index is 1.73. The fourth-order valence-electron chi connectivity index (χ4n) is 3.57. The van der Waals surface area contributed by atoms with Crippen LogP contribution in [0, 0.1) is 25.6 Å². The predicted molar refractivity (Wildman–Crippen MR) is 123 cm³/mol. The number of hydrogen-bond acceptors (Lipinski definition) is 5. The molecule has 10 heteroatoms. The molecule has 0 radical (unpaired) electrons. The molecule has 1 aliphatic heterocycles. The minimum atomic E-state index is -3.77. The van der Waals surface area contributed by atoms with Gasteiger partial charge >= 0.3 is 5.97 Å². The molecular formula is C23H26ClFN2O5S. The number of halogens is 2. The van der Waals surface area contributed by atoms with Crippen LogP contribution in [-0.4, -0.2) is 44.3 Å². The lowest BCUT2D eigenvalue weighted by molar-refractivity contribution is -0.119. The predicted octanol–water partition coefficient (Wildman–Crippen LogP) is 4.31. The fourth-order valence-corrected chi connectivity index (χ4v) is 5.58. The lowest BCUT2D eigenvalue weighted by atomic mass is 10.0. The van der Waals surface area contributed by atoms with Gasteiger partial charge in [0.05, 0.1) is 21.2 Å². The summed E-state index contributed by atoms with van der Waals surface area (Å²) in [6.07, 6.45) is 1.57. The number of esters is 1. The van der Waals surface area contributed by atoms with Crippen molar-refractivity contribution in [2.24, 2.45) is 5.92 Å². The third-order valence-corrected chi connectivity index (χ3v) is 8.09. The number of ether oxygens (including phenoxy) is 1. The van der Waals surface area contributed by atoms with Gasteiger partial charge in [-0.15, -0.1) is 0 Å². The summed E-state index contributed by atoms with van der Waals surface area (Å²) in [5.41, 5.74) is 1.40. The van der Waals surface area contributed by atoms with Gasteiger partial charge in [-0.05, 0) is 74.1 Å². The number of rotatable bonds is 6. The molecule has 0 spiro atoms. The largest absolute Gasteiger partial charge is 0.452 e. The minimum absolute atomic E-state index is 0.00536. The molecule has 0 bridgehead atoms. The van der Waals surface area contributed by atoms with Gasteiger partial charge in [-0.25, -0.2) is 17.6 Å².